The van der Waals surface area contributed by atoms with Crippen molar-refractivity contribution in [1.29, 1.82) is 0 Å². The molecule has 0 amide bonds. The lowest BCUT2D eigenvalue weighted by molar-refractivity contribution is -0.137. The SMILES string of the molecule is N[C@@H](CSCc1cscn1)C(=O)O. The van der Waals surface area contributed by atoms with Gasteiger partial charge in [0.05, 0.1) is 11.2 Å². The molecule has 4 nitrogen and oxygen atoms in total. The highest BCUT2D eigenvalue weighted by molar-refractivity contribution is 7.98. The Bertz CT molecular complexity index is 263. The normalized spacial score (nSPS) is 12.7. The first-order valence-corrected chi connectivity index (χ1v) is 5.73. The summed E-state index contributed by atoms with van der Waals surface area (Å²) in [5.41, 5.74) is 8.05. The third-order valence-corrected chi connectivity index (χ3v) is 3.08. The number of carboxylic acid groups (broad SMARTS) is 1. The lowest BCUT2D eigenvalue weighted by Gasteiger charge is -2.03. The molecule has 0 fully saturated rings. The van der Waals surface area contributed by atoms with Gasteiger partial charge in [-0.25, -0.2) is 4.98 Å². The molecular formula is C7H10N2O2S2. The Morgan fingerprint density at radius 2 is 2.62 bits per heavy atom. The Morgan fingerprint density at radius 3 is 3.15 bits per heavy atom. The van der Waals surface area contributed by atoms with Gasteiger partial charge in [-0.1, -0.05) is 0 Å². The van der Waals surface area contributed by atoms with E-state index in [-0.39, 0.29) is 0 Å². The van der Waals surface area contributed by atoms with E-state index >= 15 is 0 Å². The molecule has 0 aromatic carbocycles. The largest absolute Gasteiger partial charge is 0.480 e. The number of thioether (sulfide) groups is 1. The quantitative estimate of drug-likeness (QED) is 0.764. The molecule has 1 heterocycles. The van der Waals surface area contributed by atoms with Gasteiger partial charge < -0.3 is 10.8 Å². The zero-order chi connectivity index (χ0) is 9.68. The third-order valence-electron chi connectivity index (χ3n) is 1.35. The monoisotopic (exact) mass is 218 g/mol. The first kappa shape index (κ1) is 10.5. The van der Waals surface area contributed by atoms with Crippen molar-refractivity contribution in [3.8, 4) is 0 Å². The van der Waals surface area contributed by atoms with Crippen molar-refractivity contribution in [2.75, 3.05) is 5.75 Å². The average Bonchev–Trinajstić information content (AvgIpc) is 2.56. The van der Waals surface area contributed by atoms with Gasteiger partial charge in [-0.3, -0.25) is 4.79 Å². The summed E-state index contributed by atoms with van der Waals surface area (Å²) in [6.07, 6.45) is 0. The van der Waals surface area contributed by atoms with Gasteiger partial charge in [0.25, 0.3) is 0 Å². The minimum Gasteiger partial charge on any atom is -0.480 e. The molecule has 0 aliphatic heterocycles. The van der Waals surface area contributed by atoms with Crippen LogP contribution < -0.4 is 5.73 Å². The zero-order valence-corrected chi connectivity index (χ0v) is 8.48. The van der Waals surface area contributed by atoms with Crippen molar-refractivity contribution in [3.05, 3.63) is 16.6 Å². The van der Waals surface area contributed by atoms with E-state index < -0.39 is 12.0 Å². The van der Waals surface area contributed by atoms with Crippen molar-refractivity contribution in [2.45, 2.75) is 11.8 Å². The van der Waals surface area contributed by atoms with Crippen LogP contribution >= 0.6 is 23.1 Å². The van der Waals surface area contributed by atoms with Crippen LogP contribution in [-0.4, -0.2) is 27.9 Å². The number of nitrogens with zero attached hydrogens (tertiary/aromatic N) is 1. The number of aromatic nitrogens is 1. The van der Waals surface area contributed by atoms with Gasteiger partial charge in [-0.05, 0) is 0 Å². The second-order valence-electron chi connectivity index (χ2n) is 2.44. The Hall–Kier alpha value is -0.590. The van der Waals surface area contributed by atoms with Crippen LogP contribution in [0.4, 0.5) is 0 Å². The highest BCUT2D eigenvalue weighted by Gasteiger charge is 2.10. The first-order chi connectivity index (χ1) is 6.20. The maximum Gasteiger partial charge on any atom is 0.321 e. The van der Waals surface area contributed by atoms with Crippen molar-refractivity contribution < 1.29 is 9.90 Å². The summed E-state index contributed by atoms with van der Waals surface area (Å²) in [6.45, 7) is 0. The van der Waals surface area contributed by atoms with Gasteiger partial charge in [-0.15, -0.1) is 11.3 Å². The fraction of sp³-hybridized carbons (Fsp3) is 0.429. The van der Waals surface area contributed by atoms with Crippen LogP contribution in [0.1, 0.15) is 5.69 Å². The van der Waals surface area contributed by atoms with Crippen LogP contribution in [0.3, 0.4) is 0 Å². The van der Waals surface area contributed by atoms with E-state index in [1.54, 1.807) is 5.51 Å². The Kier molecular flexibility index (Phi) is 4.20. The van der Waals surface area contributed by atoms with Gasteiger partial charge in [0.2, 0.25) is 0 Å². The molecule has 13 heavy (non-hydrogen) atoms. The van der Waals surface area contributed by atoms with E-state index in [0.717, 1.165) is 11.4 Å². The molecular weight excluding hydrogens is 208 g/mol. The lowest BCUT2D eigenvalue weighted by Crippen LogP contribution is -2.32. The summed E-state index contributed by atoms with van der Waals surface area (Å²) in [5, 5.41) is 10.4. The molecule has 1 aromatic rings. The first-order valence-electron chi connectivity index (χ1n) is 3.63. The van der Waals surface area contributed by atoms with Gasteiger partial charge in [0.15, 0.2) is 0 Å². The van der Waals surface area contributed by atoms with Crippen LogP contribution in [0.2, 0.25) is 0 Å². The predicted octanol–water partition coefficient (Wildman–Crippen LogP) is 0.788. The summed E-state index contributed by atoms with van der Waals surface area (Å²) in [7, 11) is 0. The van der Waals surface area contributed by atoms with Crippen LogP contribution in [0.25, 0.3) is 0 Å². The smallest absolute Gasteiger partial charge is 0.321 e. The van der Waals surface area contributed by atoms with E-state index in [9.17, 15) is 4.79 Å². The van der Waals surface area contributed by atoms with Crippen LogP contribution in [0, 0.1) is 0 Å². The molecule has 1 atom stereocenters. The van der Waals surface area contributed by atoms with E-state index in [1.807, 2.05) is 5.38 Å². The standard InChI is InChI=1S/C7H10N2O2S2/c8-6(7(10)11)3-12-1-5-2-13-4-9-5/h2,4,6H,1,3,8H2,(H,10,11)/t6-/m0/s1. The number of carboxylic acids is 1. The number of hydrogen-bond donors (Lipinski definition) is 2. The van der Waals surface area contributed by atoms with Crippen LogP contribution in [0.5, 0.6) is 0 Å². The molecule has 72 valence electrons. The van der Waals surface area contributed by atoms with Crippen LogP contribution in [-0.2, 0) is 10.5 Å². The molecule has 0 saturated heterocycles. The minimum atomic E-state index is -0.953. The van der Waals surface area contributed by atoms with E-state index in [1.165, 1.54) is 23.1 Å². The minimum absolute atomic E-state index is 0.423. The molecule has 1 rings (SSSR count). The van der Waals surface area contributed by atoms with Crippen molar-refractivity contribution in [3.63, 3.8) is 0 Å². The maximum absolute atomic E-state index is 10.3. The van der Waals surface area contributed by atoms with Crippen molar-refractivity contribution in [2.24, 2.45) is 5.73 Å². The Balaban J connectivity index is 2.18. The summed E-state index contributed by atoms with van der Waals surface area (Å²) >= 11 is 3.02. The Morgan fingerprint density at radius 1 is 1.85 bits per heavy atom. The van der Waals surface area contributed by atoms with E-state index in [0.29, 0.717) is 5.75 Å². The van der Waals surface area contributed by atoms with Crippen molar-refractivity contribution in [1.82, 2.24) is 4.98 Å². The summed E-state index contributed by atoms with van der Waals surface area (Å²) in [5.74, 6) is 0.197. The van der Waals surface area contributed by atoms with Gasteiger partial charge in [0, 0.05) is 16.9 Å². The molecule has 0 aliphatic rings. The van der Waals surface area contributed by atoms with Gasteiger partial charge in [0.1, 0.15) is 6.04 Å². The van der Waals surface area contributed by atoms with Gasteiger partial charge in [-0.2, -0.15) is 11.8 Å². The van der Waals surface area contributed by atoms with Gasteiger partial charge >= 0.3 is 5.97 Å². The molecule has 0 saturated carbocycles. The molecule has 3 N–H and O–H groups in total. The third kappa shape index (κ3) is 3.75. The summed E-state index contributed by atoms with van der Waals surface area (Å²) in [6, 6.07) is -0.774. The highest BCUT2D eigenvalue weighted by Crippen LogP contribution is 2.12. The molecule has 0 bridgehead atoms. The number of thiazole rings is 1. The van der Waals surface area contributed by atoms with E-state index in [2.05, 4.69) is 4.98 Å². The second-order valence-corrected chi connectivity index (χ2v) is 4.19. The number of nitrogens with two attached hydrogens (primary N) is 1. The summed E-state index contributed by atoms with van der Waals surface area (Å²) < 4.78 is 0. The second kappa shape index (κ2) is 5.21. The Labute approximate surface area is 84.2 Å². The molecule has 1 aromatic heterocycles. The number of rotatable bonds is 5. The zero-order valence-electron chi connectivity index (χ0n) is 6.84. The molecule has 6 heteroatoms. The molecule has 0 unspecified atom stereocenters. The fourth-order valence-electron chi connectivity index (χ4n) is 0.671. The molecule has 0 spiro atoms. The number of aliphatic carboxylic acids is 1. The lowest BCUT2D eigenvalue weighted by atomic mass is 10.4. The van der Waals surface area contributed by atoms with Crippen molar-refractivity contribution >= 4 is 29.1 Å². The van der Waals surface area contributed by atoms with Crippen LogP contribution in [0.15, 0.2) is 10.9 Å². The highest BCUT2D eigenvalue weighted by atomic mass is 32.2. The predicted molar refractivity (Wildman–Crippen MR) is 53.9 cm³/mol. The maximum atomic E-state index is 10.3. The fourth-order valence-corrected chi connectivity index (χ4v) is 2.22. The summed E-state index contributed by atoms with van der Waals surface area (Å²) in [4.78, 5) is 14.4. The molecule has 0 radical (unpaired) electrons. The van der Waals surface area contributed by atoms with E-state index in [4.69, 9.17) is 10.8 Å². The number of hydrogen-bond acceptors (Lipinski definition) is 5. The topological polar surface area (TPSA) is 76.2 Å². The number of carbonyl (C=O) groups is 1. The average molecular weight is 218 g/mol. The molecule has 0 aliphatic carbocycles.